The predicted octanol–water partition coefficient (Wildman–Crippen LogP) is 2.07. The zero-order valence-electron chi connectivity index (χ0n) is 11.3. The molecular formula is C15H15NO4. The minimum atomic E-state index is -0.313. The first-order chi connectivity index (χ1) is 9.76. The molecule has 1 N–H and O–H groups in total. The van der Waals surface area contributed by atoms with Gasteiger partial charge in [-0.25, -0.2) is 0 Å². The van der Waals surface area contributed by atoms with Crippen molar-refractivity contribution in [1.29, 1.82) is 0 Å². The fourth-order valence-corrected chi connectivity index (χ4v) is 2.15. The predicted molar refractivity (Wildman–Crippen MR) is 74.1 cm³/mol. The third kappa shape index (κ3) is 2.35. The third-order valence-corrected chi connectivity index (χ3v) is 3.08. The van der Waals surface area contributed by atoms with Gasteiger partial charge in [0.2, 0.25) is 0 Å². The standard InChI is InChI=1S/C15H15NO4/c1-19-14-7-11(10-3-5-16-6-4-10)12(8-17)13(9-18)15(14)20-2/h3-8,18H,9H2,1-2H3. The number of methoxy groups -OCH3 is 2. The number of rotatable bonds is 5. The molecule has 1 aromatic heterocycles. The van der Waals surface area contributed by atoms with E-state index < -0.39 is 0 Å². The molecule has 0 aliphatic rings. The second-order valence-corrected chi connectivity index (χ2v) is 4.06. The van der Waals surface area contributed by atoms with Crippen molar-refractivity contribution in [3.63, 3.8) is 0 Å². The quantitative estimate of drug-likeness (QED) is 0.845. The summed E-state index contributed by atoms with van der Waals surface area (Å²) in [6.07, 6.45) is 3.99. The number of benzene rings is 1. The van der Waals surface area contributed by atoms with Crippen molar-refractivity contribution in [3.8, 4) is 22.6 Å². The van der Waals surface area contributed by atoms with Crippen LogP contribution in [0.1, 0.15) is 15.9 Å². The Bertz CT molecular complexity index is 611. The van der Waals surface area contributed by atoms with Gasteiger partial charge in [0.1, 0.15) is 0 Å². The second-order valence-electron chi connectivity index (χ2n) is 4.06. The van der Waals surface area contributed by atoms with E-state index in [0.29, 0.717) is 34.5 Å². The molecule has 0 unspecified atom stereocenters. The van der Waals surface area contributed by atoms with Gasteiger partial charge >= 0.3 is 0 Å². The van der Waals surface area contributed by atoms with E-state index in [-0.39, 0.29) is 6.61 Å². The van der Waals surface area contributed by atoms with Crippen molar-refractivity contribution < 1.29 is 19.4 Å². The van der Waals surface area contributed by atoms with Crippen LogP contribution in [0.2, 0.25) is 0 Å². The molecule has 1 aromatic carbocycles. The lowest BCUT2D eigenvalue weighted by Crippen LogP contribution is -2.03. The molecule has 0 fully saturated rings. The smallest absolute Gasteiger partial charge is 0.166 e. The molecule has 5 nitrogen and oxygen atoms in total. The largest absolute Gasteiger partial charge is 0.493 e. The molecular weight excluding hydrogens is 258 g/mol. The van der Waals surface area contributed by atoms with Gasteiger partial charge in [0.15, 0.2) is 17.8 Å². The van der Waals surface area contributed by atoms with Crippen LogP contribution in [0.5, 0.6) is 11.5 Å². The summed E-state index contributed by atoms with van der Waals surface area (Å²) in [6, 6.07) is 5.29. The van der Waals surface area contributed by atoms with E-state index in [1.54, 1.807) is 30.6 Å². The molecule has 104 valence electrons. The Hall–Kier alpha value is -2.40. The van der Waals surface area contributed by atoms with E-state index in [1.807, 2.05) is 0 Å². The molecule has 0 aliphatic heterocycles. The molecule has 0 spiro atoms. The fraction of sp³-hybridized carbons (Fsp3) is 0.200. The van der Waals surface area contributed by atoms with Gasteiger partial charge in [0.25, 0.3) is 0 Å². The van der Waals surface area contributed by atoms with Crippen LogP contribution >= 0.6 is 0 Å². The van der Waals surface area contributed by atoms with Crippen LogP contribution in [0.3, 0.4) is 0 Å². The number of ether oxygens (including phenoxy) is 2. The van der Waals surface area contributed by atoms with E-state index in [2.05, 4.69) is 4.98 Å². The zero-order chi connectivity index (χ0) is 14.5. The number of carbonyl (C=O) groups excluding carboxylic acids is 1. The minimum Gasteiger partial charge on any atom is -0.493 e. The Morgan fingerprint density at radius 1 is 1.25 bits per heavy atom. The van der Waals surface area contributed by atoms with E-state index >= 15 is 0 Å². The van der Waals surface area contributed by atoms with Crippen LogP contribution in [0.4, 0.5) is 0 Å². The van der Waals surface area contributed by atoms with Crippen molar-refractivity contribution in [2.24, 2.45) is 0 Å². The number of aliphatic hydroxyl groups is 1. The van der Waals surface area contributed by atoms with Crippen LogP contribution in [-0.4, -0.2) is 30.6 Å². The number of aliphatic hydroxyl groups excluding tert-OH is 1. The van der Waals surface area contributed by atoms with Gasteiger partial charge in [0.05, 0.1) is 20.8 Å². The monoisotopic (exact) mass is 273 g/mol. The maximum absolute atomic E-state index is 11.4. The molecule has 0 amide bonds. The number of hydrogen-bond acceptors (Lipinski definition) is 5. The van der Waals surface area contributed by atoms with Crippen molar-refractivity contribution in [2.75, 3.05) is 14.2 Å². The molecule has 0 saturated heterocycles. The summed E-state index contributed by atoms with van der Waals surface area (Å²) in [6.45, 7) is -0.313. The topological polar surface area (TPSA) is 68.7 Å². The van der Waals surface area contributed by atoms with Crippen LogP contribution in [0.15, 0.2) is 30.6 Å². The SMILES string of the molecule is COc1cc(-c2ccncc2)c(C=O)c(CO)c1OC. The molecule has 0 atom stereocenters. The maximum Gasteiger partial charge on any atom is 0.166 e. The van der Waals surface area contributed by atoms with Crippen molar-refractivity contribution in [1.82, 2.24) is 4.98 Å². The molecule has 0 saturated carbocycles. The molecule has 2 rings (SSSR count). The first-order valence-corrected chi connectivity index (χ1v) is 6.01. The van der Waals surface area contributed by atoms with Crippen molar-refractivity contribution >= 4 is 6.29 Å². The lowest BCUT2D eigenvalue weighted by molar-refractivity contribution is 0.112. The summed E-state index contributed by atoms with van der Waals surface area (Å²) in [7, 11) is 2.98. The molecule has 0 radical (unpaired) electrons. The maximum atomic E-state index is 11.4. The number of hydrogen-bond donors (Lipinski definition) is 1. The number of carbonyl (C=O) groups is 1. The molecule has 1 heterocycles. The van der Waals surface area contributed by atoms with Crippen LogP contribution in [0, 0.1) is 0 Å². The van der Waals surface area contributed by atoms with E-state index in [1.165, 1.54) is 14.2 Å². The van der Waals surface area contributed by atoms with Crippen molar-refractivity contribution in [3.05, 3.63) is 41.7 Å². The lowest BCUT2D eigenvalue weighted by atomic mass is 9.95. The first-order valence-electron chi connectivity index (χ1n) is 6.01. The average molecular weight is 273 g/mol. The summed E-state index contributed by atoms with van der Waals surface area (Å²) in [4.78, 5) is 15.4. The molecule has 20 heavy (non-hydrogen) atoms. The van der Waals surface area contributed by atoms with Gasteiger partial charge in [-0.3, -0.25) is 9.78 Å². The Morgan fingerprint density at radius 3 is 2.45 bits per heavy atom. The summed E-state index contributed by atoms with van der Waals surface area (Å²) < 4.78 is 10.5. The molecule has 0 bridgehead atoms. The highest BCUT2D eigenvalue weighted by Gasteiger charge is 2.19. The zero-order valence-corrected chi connectivity index (χ0v) is 11.3. The highest BCUT2D eigenvalue weighted by Crippen LogP contribution is 2.39. The molecule has 5 heteroatoms. The Balaban J connectivity index is 2.77. The van der Waals surface area contributed by atoms with Gasteiger partial charge in [-0.05, 0) is 29.3 Å². The van der Waals surface area contributed by atoms with Gasteiger partial charge in [-0.2, -0.15) is 0 Å². The summed E-state index contributed by atoms with van der Waals surface area (Å²) in [5.41, 5.74) is 2.28. The van der Waals surface area contributed by atoms with Crippen LogP contribution in [-0.2, 0) is 6.61 Å². The van der Waals surface area contributed by atoms with Crippen molar-refractivity contribution in [2.45, 2.75) is 6.61 Å². The first kappa shape index (κ1) is 14.0. The summed E-state index contributed by atoms with van der Waals surface area (Å²) in [5, 5.41) is 9.55. The summed E-state index contributed by atoms with van der Waals surface area (Å²) in [5.74, 6) is 0.837. The summed E-state index contributed by atoms with van der Waals surface area (Å²) >= 11 is 0. The fourth-order valence-electron chi connectivity index (χ4n) is 2.15. The van der Waals surface area contributed by atoms with Gasteiger partial charge in [-0.15, -0.1) is 0 Å². The normalized spacial score (nSPS) is 10.2. The van der Waals surface area contributed by atoms with Gasteiger partial charge < -0.3 is 14.6 Å². The third-order valence-electron chi connectivity index (χ3n) is 3.08. The Labute approximate surface area is 116 Å². The highest BCUT2D eigenvalue weighted by atomic mass is 16.5. The highest BCUT2D eigenvalue weighted by molar-refractivity contribution is 5.91. The second kappa shape index (κ2) is 6.16. The lowest BCUT2D eigenvalue weighted by Gasteiger charge is -2.17. The number of pyridine rings is 1. The van der Waals surface area contributed by atoms with Crippen LogP contribution < -0.4 is 9.47 Å². The van der Waals surface area contributed by atoms with Gasteiger partial charge in [-0.1, -0.05) is 0 Å². The van der Waals surface area contributed by atoms with Gasteiger partial charge in [0, 0.05) is 23.5 Å². The Morgan fingerprint density at radius 2 is 1.95 bits per heavy atom. The molecule has 0 aliphatic carbocycles. The van der Waals surface area contributed by atoms with E-state index in [0.717, 1.165) is 5.56 Å². The molecule has 2 aromatic rings. The van der Waals surface area contributed by atoms with E-state index in [4.69, 9.17) is 9.47 Å². The minimum absolute atomic E-state index is 0.313. The number of aldehydes is 1. The average Bonchev–Trinajstić information content (AvgIpc) is 2.53. The number of nitrogens with zero attached hydrogens (tertiary/aromatic N) is 1. The Kier molecular flexibility index (Phi) is 4.32. The number of aromatic nitrogens is 1. The van der Waals surface area contributed by atoms with Crippen LogP contribution in [0.25, 0.3) is 11.1 Å². The van der Waals surface area contributed by atoms with E-state index in [9.17, 15) is 9.90 Å².